The average molecular weight is 575 g/mol. The van der Waals surface area contributed by atoms with Crippen LogP contribution in [0.2, 0.25) is 15.1 Å². The molecule has 2 amide bonds. The highest BCUT2D eigenvalue weighted by Gasteiger charge is 2.32. The van der Waals surface area contributed by atoms with E-state index in [1.165, 1.54) is 36.2 Å². The van der Waals surface area contributed by atoms with E-state index in [2.05, 4.69) is 5.32 Å². The number of rotatable bonds is 9. The zero-order valence-electron chi connectivity index (χ0n) is 20.2. The second-order valence-electron chi connectivity index (χ2n) is 8.96. The Morgan fingerprint density at radius 1 is 1.00 bits per heavy atom. The summed E-state index contributed by atoms with van der Waals surface area (Å²) in [5.74, 6) is -0.862. The van der Waals surface area contributed by atoms with Gasteiger partial charge in [0.05, 0.1) is 11.4 Å². The number of carbonyl (C=O) groups excluding carboxylic acids is 2. The molecule has 11 heteroatoms. The molecule has 2 aromatic carbocycles. The number of hydrogen-bond acceptors (Lipinski definition) is 4. The maximum Gasteiger partial charge on any atom is 0.243 e. The maximum absolute atomic E-state index is 13.5. The number of nitrogens with zero attached hydrogens (tertiary/aromatic N) is 2. The first kappa shape index (κ1) is 28.7. The van der Waals surface area contributed by atoms with Crippen molar-refractivity contribution in [1.82, 2.24) is 14.5 Å². The molecule has 36 heavy (non-hydrogen) atoms. The number of sulfonamides is 1. The zero-order valence-corrected chi connectivity index (χ0v) is 23.3. The third-order valence-corrected chi connectivity index (χ3v) is 9.17. The third kappa shape index (κ3) is 7.13. The fraction of sp³-hybridized carbons (Fsp3) is 0.440. The summed E-state index contributed by atoms with van der Waals surface area (Å²) >= 11 is 18.6. The number of amides is 2. The van der Waals surface area contributed by atoms with E-state index in [4.69, 9.17) is 34.8 Å². The van der Waals surface area contributed by atoms with Crippen molar-refractivity contribution in [2.75, 3.05) is 13.6 Å². The largest absolute Gasteiger partial charge is 0.352 e. The van der Waals surface area contributed by atoms with E-state index in [0.717, 1.165) is 36.4 Å². The number of hydrogen-bond donors (Lipinski definition) is 1. The lowest BCUT2D eigenvalue weighted by Crippen LogP contribution is -2.52. The van der Waals surface area contributed by atoms with Gasteiger partial charge in [0, 0.05) is 40.3 Å². The Morgan fingerprint density at radius 3 is 2.17 bits per heavy atom. The Morgan fingerprint density at radius 2 is 1.58 bits per heavy atom. The number of carbonyl (C=O) groups is 2. The third-order valence-electron chi connectivity index (χ3n) is 6.39. The highest BCUT2D eigenvalue weighted by Crippen LogP contribution is 2.27. The highest BCUT2D eigenvalue weighted by molar-refractivity contribution is 7.89. The molecular weight excluding hydrogens is 545 g/mol. The SMILES string of the molecule is C[C@H](C(=O)NC1CCCCC1)N(Cc1c(Cl)cccc1Cl)C(=O)CN(C)S(=O)(=O)c1ccc(Cl)cc1. The zero-order chi connectivity index (χ0) is 26.5. The van der Waals surface area contributed by atoms with Crippen LogP contribution in [0, 0.1) is 0 Å². The van der Waals surface area contributed by atoms with Gasteiger partial charge in [-0.25, -0.2) is 8.42 Å². The van der Waals surface area contributed by atoms with Crippen molar-refractivity contribution < 1.29 is 18.0 Å². The van der Waals surface area contributed by atoms with Gasteiger partial charge in [0.15, 0.2) is 0 Å². The standard InChI is InChI=1S/C25H30Cl3N3O4S/c1-17(25(33)29-19-7-4-3-5-8-19)31(15-21-22(27)9-6-10-23(21)28)24(32)16-30(2)36(34,35)20-13-11-18(26)12-14-20/h6,9-14,17,19H,3-5,7-8,15-16H2,1-2H3,(H,29,33)/t17-/m1/s1. The number of benzene rings is 2. The fourth-order valence-corrected chi connectivity index (χ4v) is 5.92. The van der Waals surface area contributed by atoms with Crippen LogP contribution < -0.4 is 5.32 Å². The quantitative estimate of drug-likeness (QED) is 0.450. The molecule has 1 saturated carbocycles. The molecule has 0 saturated heterocycles. The van der Waals surface area contributed by atoms with Crippen LogP contribution in [-0.2, 0) is 26.2 Å². The average Bonchev–Trinajstić information content (AvgIpc) is 2.84. The Bertz CT molecular complexity index is 1170. The summed E-state index contributed by atoms with van der Waals surface area (Å²) in [5, 5.41) is 4.14. The van der Waals surface area contributed by atoms with Crippen LogP contribution in [0.1, 0.15) is 44.6 Å². The van der Waals surface area contributed by atoms with Crippen LogP contribution in [0.25, 0.3) is 0 Å². The molecular formula is C25H30Cl3N3O4S. The second-order valence-corrected chi connectivity index (χ2v) is 12.3. The summed E-state index contributed by atoms with van der Waals surface area (Å²) in [6.45, 7) is 1.09. The molecule has 0 bridgehead atoms. The van der Waals surface area contributed by atoms with Gasteiger partial charge in [0.1, 0.15) is 6.04 Å². The van der Waals surface area contributed by atoms with Gasteiger partial charge in [-0.05, 0) is 56.2 Å². The number of halogens is 3. The minimum atomic E-state index is -3.97. The molecule has 2 aromatic rings. The summed E-state index contributed by atoms with van der Waals surface area (Å²) in [7, 11) is -2.65. The molecule has 0 spiro atoms. The van der Waals surface area contributed by atoms with Crippen LogP contribution >= 0.6 is 34.8 Å². The lowest BCUT2D eigenvalue weighted by atomic mass is 9.95. The highest BCUT2D eigenvalue weighted by atomic mass is 35.5. The van der Waals surface area contributed by atoms with E-state index < -0.39 is 28.5 Å². The molecule has 196 valence electrons. The molecule has 0 unspecified atom stereocenters. The Hall–Kier alpha value is -1.84. The van der Waals surface area contributed by atoms with Gasteiger partial charge in [0.25, 0.3) is 0 Å². The molecule has 1 fully saturated rings. The first-order valence-electron chi connectivity index (χ1n) is 11.8. The van der Waals surface area contributed by atoms with Crippen molar-refractivity contribution in [2.45, 2.75) is 62.6 Å². The monoisotopic (exact) mass is 573 g/mol. The molecule has 1 aliphatic carbocycles. The van der Waals surface area contributed by atoms with Crippen molar-refractivity contribution in [3.8, 4) is 0 Å². The molecule has 0 heterocycles. The maximum atomic E-state index is 13.5. The molecule has 0 radical (unpaired) electrons. The molecule has 1 aliphatic rings. The topological polar surface area (TPSA) is 86.8 Å². The van der Waals surface area contributed by atoms with Crippen LogP contribution in [0.5, 0.6) is 0 Å². The van der Waals surface area contributed by atoms with Crippen molar-refractivity contribution in [1.29, 1.82) is 0 Å². The first-order chi connectivity index (χ1) is 17.0. The van der Waals surface area contributed by atoms with Crippen molar-refractivity contribution >= 4 is 56.6 Å². The molecule has 1 atom stereocenters. The number of likely N-dealkylation sites (N-methyl/N-ethyl adjacent to an activating group) is 1. The van der Waals surface area contributed by atoms with Gasteiger partial charge < -0.3 is 10.2 Å². The Labute approximate surface area is 227 Å². The van der Waals surface area contributed by atoms with Crippen LogP contribution in [0.3, 0.4) is 0 Å². The summed E-state index contributed by atoms with van der Waals surface area (Å²) < 4.78 is 27.0. The molecule has 7 nitrogen and oxygen atoms in total. The fourth-order valence-electron chi connectivity index (χ4n) is 4.16. The predicted octanol–water partition coefficient (Wildman–Crippen LogP) is 5.13. The van der Waals surface area contributed by atoms with Gasteiger partial charge in [-0.3, -0.25) is 9.59 Å². The molecule has 0 aromatic heterocycles. The first-order valence-corrected chi connectivity index (χ1v) is 14.3. The van der Waals surface area contributed by atoms with Gasteiger partial charge in [0.2, 0.25) is 21.8 Å². The van der Waals surface area contributed by atoms with Crippen molar-refractivity contribution in [3.63, 3.8) is 0 Å². The van der Waals surface area contributed by atoms with E-state index in [-0.39, 0.29) is 23.4 Å². The lowest BCUT2D eigenvalue weighted by molar-refractivity contribution is -0.141. The van der Waals surface area contributed by atoms with Crippen molar-refractivity contribution in [2.24, 2.45) is 0 Å². The summed E-state index contributed by atoms with van der Waals surface area (Å²) in [6, 6.07) is 9.85. The predicted molar refractivity (Wildman–Crippen MR) is 143 cm³/mol. The van der Waals surface area contributed by atoms with Gasteiger partial charge in [-0.15, -0.1) is 0 Å². The van der Waals surface area contributed by atoms with Crippen LogP contribution in [-0.4, -0.2) is 55.1 Å². The van der Waals surface area contributed by atoms with Gasteiger partial charge >= 0.3 is 0 Å². The molecule has 3 rings (SSSR count). The minimum absolute atomic E-state index is 0.00554. The van der Waals surface area contributed by atoms with E-state index in [1.807, 2.05) is 0 Å². The second kappa shape index (κ2) is 12.6. The van der Waals surface area contributed by atoms with E-state index in [9.17, 15) is 18.0 Å². The van der Waals surface area contributed by atoms with E-state index in [0.29, 0.717) is 20.6 Å². The van der Waals surface area contributed by atoms with Gasteiger partial charge in [-0.1, -0.05) is 60.1 Å². The van der Waals surface area contributed by atoms with Gasteiger partial charge in [-0.2, -0.15) is 4.31 Å². The Balaban J connectivity index is 1.83. The smallest absolute Gasteiger partial charge is 0.243 e. The summed E-state index contributed by atoms with van der Waals surface area (Å²) in [4.78, 5) is 27.9. The molecule has 0 aliphatic heterocycles. The lowest BCUT2D eigenvalue weighted by Gasteiger charge is -2.32. The summed E-state index contributed by atoms with van der Waals surface area (Å²) in [5.41, 5.74) is 0.481. The van der Waals surface area contributed by atoms with Crippen LogP contribution in [0.4, 0.5) is 0 Å². The Kier molecular flexibility index (Phi) is 10.1. The summed E-state index contributed by atoms with van der Waals surface area (Å²) in [6.07, 6.45) is 5.02. The molecule has 1 N–H and O–H groups in total. The number of nitrogens with one attached hydrogen (secondary N) is 1. The van der Waals surface area contributed by atoms with E-state index in [1.54, 1.807) is 25.1 Å². The normalized spacial score (nSPS) is 15.5. The van der Waals surface area contributed by atoms with Crippen molar-refractivity contribution in [3.05, 3.63) is 63.1 Å². The van der Waals surface area contributed by atoms with Crippen LogP contribution in [0.15, 0.2) is 47.4 Å². The van der Waals surface area contributed by atoms with E-state index >= 15 is 0 Å². The minimum Gasteiger partial charge on any atom is -0.352 e.